The van der Waals surface area contributed by atoms with E-state index in [1.165, 1.54) is 7.11 Å². The molecule has 1 unspecified atom stereocenters. The number of ether oxygens (including phenoxy) is 1. The zero-order chi connectivity index (χ0) is 14.9. The van der Waals surface area contributed by atoms with E-state index in [0.717, 1.165) is 39.0 Å². The van der Waals surface area contributed by atoms with E-state index in [1.807, 2.05) is 6.92 Å². The molecule has 1 atom stereocenters. The van der Waals surface area contributed by atoms with Gasteiger partial charge in [0.1, 0.15) is 5.54 Å². The van der Waals surface area contributed by atoms with Crippen LogP contribution in [0, 0.1) is 5.92 Å². The quantitative estimate of drug-likeness (QED) is 0.620. The van der Waals surface area contributed by atoms with Gasteiger partial charge in [-0.1, -0.05) is 27.7 Å². The molecule has 0 spiro atoms. The summed E-state index contributed by atoms with van der Waals surface area (Å²) in [6.45, 7) is 14.5. The van der Waals surface area contributed by atoms with Crippen molar-refractivity contribution in [1.82, 2.24) is 10.2 Å². The highest BCUT2D eigenvalue weighted by molar-refractivity contribution is 5.80. The standard InChI is InChI=1S/C15H32N2O2/c1-7-17(8-2)12-11-16-15(5,14(18)19-6)10-9-13(3)4/h13,16H,7-12H2,1-6H3. The molecule has 0 aliphatic carbocycles. The summed E-state index contributed by atoms with van der Waals surface area (Å²) in [5.41, 5.74) is -0.563. The summed E-state index contributed by atoms with van der Waals surface area (Å²) >= 11 is 0. The molecule has 0 bridgehead atoms. The van der Waals surface area contributed by atoms with E-state index in [2.05, 4.69) is 37.9 Å². The lowest BCUT2D eigenvalue weighted by molar-refractivity contribution is -0.148. The van der Waals surface area contributed by atoms with Crippen LogP contribution in [0.3, 0.4) is 0 Å². The van der Waals surface area contributed by atoms with Gasteiger partial charge in [-0.15, -0.1) is 0 Å². The summed E-state index contributed by atoms with van der Waals surface area (Å²) in [5, 5.41) is 3.39. The molecule has 1 N–H and O–H groups in total. The largest absolute Gasteiger partial charge is 0.468 e. The zero-order valence-electron chi connectivity index (χ0n) is 13.6. The fourth-order valence-corrected chi connectivity index (χ4v) is 2.09. The van der Waals surface area contributed by atoms with E-state index in [4.69, 9.17) is 4.74 Å². The van der Waals surface area contributed by atoms with Crippen LogP contribution in [0.25, 0.3) is 0 Å². The van der Waals surface area contributed by atoms with E-state index >= 15 is 0 Å². The average molecular weight is 272 g/mol. The van der Waals surface area contributed by atoms with Crippen molar-refractivity contribution in [3.63, 3.8) is 0 Å². The molecule has 0 fully saturated rings. The Hall–Kier alpha value is -0.610. The van der Waals surface area contributed by atoms with E-state index in [0.29, 0.717) is 5.92 Å². The van der Waals surface area contributed by atoms with Crippen LogP contribution in [0.15, 0.2) is 0 Å². The van der Waals surface area contributed by atoms with Crippen molar-refractivity contribution in [2.75, 3.05) is 33.3 Å². The SMILES string of the molecule is CCN(CC)CCNC(C)(CCC(C)C)C(=O)OC. The van der Waals surface area contributed by atoms with Crippen molar-refractivity contribution in [2.45, 2.75) is 53.0 Å². The number of likely N-dealkylation sites (N-methyl/N-ethyl adjacent to an activating group) is 1. The molecule has 0 heterocycles. The molecule has 4 nitrogen and oxygen atoms in total. The summed E-state index contributed by atoms with van der Waals surface area (Å²) in [5.74, 6) is 0.432. The lowest BCUT2D eigenvalue weighted by atomic mass is 9.92. The lowest BCUT2D eigenvalue weighted by Gasteiger charge is -2.30. The third-order valence-corrected chi connectivity index (χ3v) is 3.70. The van der Waals surface area contributed by atoms with Gasteiger partial charge in [0.2, 0.25) is 0 Å². The number of methoxy groups -OCH3 is 1. The van der Waals surface area contributed by atoms with Gasteiger partial charge in [0, 0.05) is 13.1 Å². The Balaban J connectivity index is 4.38. The number of esters is 1. The molecule has 0 aliphatic rings. The molecule has 0 aliphatic heterocycles. The number of carbonyl (C=O) groups is 1. The zero-order valence-corrected chi connectivity index (χ0v) is 13.6. The first-order valence-electron chi connectivity index (χ1n) is 7.45. The first-order valence-corrected chi connectivity index (χ1v) is 7.45. The van der Waals surface area contributed by atoms with Crippen molar-refractivity contribution in [3.8, 4) is 0 Å². The maximum atomic E-state index is 12.0. The second-order valence-electron chi connectivity index (χ2n) is 5.71. The second-order valence-corrected chi connectivity index (χ2v) is 5.71. The van der Waals surface area contributed by atoms with Gasteiger partial charge in [-0.25, -0.2) is 0 Å². The lowest BCUT2D eigenvalue weighted by Crippen LogP contribution is -2.52. The molecular weight excluding hydrogens is 240 g/mol. The minimum Gasteiger partial charge on any atom is -0.468 e. The molecule has 0 amide bonds. The number of hydrogen-bond donors (Lipinski definition) is 1. The summed E-state index contributed by atoms with van der Waals surface area (Å²) in [4.78, 5) is 14.3. The molecule has 0 aromatic carbocycles. The summed E-state index contributed by atoms with van der Waals surface area (Å²) < 4.78 is 4.94. The van der Waals surface area contributed by atoms with Crippen LogP contribution in [-0.2, 0) is 9.53 Å². The number of hydrogen-bond acceptors (Lipinski definition) is 4. The van der Waals surface area contributed by atoms with Crippen molar-refractivity contribution in [1.29, 1.82) is 0 Å². The van der Waals surface area contributed by atoms with Gasteiger partial charge in [-0.05, 0) is 38.8 Å². The van der Waals surface area contributed by atoms with Crippen LogP contribution in [0.1, 0.15) is 47.5 Å². The second kappa shape index (κ2) is 9.32. The highest BCUT2D eigenvalue weighted by Crippen LogP contribution is 2.18. The third kappa shape index (κ3) is 6.92. The molecule has 4 heteroatoms. The van der Waals surface area contributed by atoms with Crippen LogP contribution in [0.2, 0.25) is 0 Å². The molecule has 0 saturated heterocycles. The number of rotatable bonds is 10. The van der Waals surface area contributed by atoms with Crippen LogP contribution >= 0.6 is 0 Å². The van der Waals surface area contributed by atoms with Crippen LogP contribution in [0.5, 0.6) is 0 Å². The average Bonchev–Trinajstić information content (AvgIpc) is 2.40. The van der Waals surface area contributed by atoms with Gasteiger partial charge in [-0.3, -0.25) is 4.79 Å². The Morgan fingerprint density at radius 3 is 2.32 bits per heavy atom. The molecule has 0 aromatic rings. The summed E-state index contributed by atoms with van der Waals surface area (Å²) in [6, 6.07) is 0. The van der Waals surface area contributed by atoms with Gasteiger partial charge in [0.05, 0.1) is 7.11 Å². The van der Waals surface area contributed by atoms with Crippen LogP contribution in [-0.4, -0.2) is 49.7 Å². The predicted molar refractivity (Wildman–Crippen MR) is 80.3 cm³/mol. The molecule has 0 saturated carbocycles. The number of carbonyl (C=O) groups excluding carboxylic acids is 1. The Morgan fingerprint density at radius 1 is 1.32 bits per heavy atom. The fourth-order valence-electron chi connectivity index (χ4n) is 2.09. The fraction of sp³-hybridized carbons (Fsp3) is 0.933. The summed E-state index contributed by atoms with van der Waals surface area (Å²) in [6.07, 6.45) is 1.83. The number of nitrogens with zero attached hydrogens (tertiary/aromatic N) is 1. The molecule has 114 valence electrons. The molecule has 19 heavy (non-hydrogen) atoms. The van der Waals surface area contributed by atoms with Gasteiger partial charge < -0.3 is 15.0 Å². The molecule has 0 aromatic heterocycles. The highest BCUT2D eigenvalue weighted by Gasteiger charge is 2.33. The van der Waals surface area contributed by atoms with Gasteiger partial charge in [-0.2, -0.15) is 0 Å². The van der Waals surface area contributed by atoms with Crippen molar-refractivity contribution >= 4 is 5.97 Å². The maximum absolute atomic E-state index is 12.0. The Bertz CT molecular complexity index is 253. The molecular formula is C15H32N2O2. The van der Waals surface area contributed by atoms with E-state index in [1.54, 1.807) is 0 Å². The first kappa shape index (κ1) is 18.4. The van der Waals surface area contributed by atoms with Crippen LogP contribution in [0.4, 0.5) is 0 Å². The van der Waals surface area contributed by atoms with Crippen molar-refractivity contribution in [3.05, 3.63) is 0 Å². The van der Waals surface area contributed by atoms with Crippen LogP contribution < -0.4 is 5.32 Å². The maximum Gasteiger partial charge on any atom is 0.325 e. The monoisotopic (exact) mass is 272 g/mol. The predicted octanol–water partition coefficient (Wildman–Crippen LogP) is 2.29. The normalized spacial score (nSPS) is 14.7. The third-order valence-electron chi connectivity index (χ3n) is 3.70. The Morgan fingerprint density at radius 2 is 1.89 bits per heavy atom. The van der Waals surface area contributed by atoms with Gasteiger partial charge in [0.25, 0.3) is 0 Å². The van der Waals surface area contributed by atoms with Crippen molar-refractivity contribution < 1.29 is 9.53 Å². The first-order chi connectivity index (χ1) is 8.89. The van der Waals surface area contributed by atoms with E-state index in [9.17, 15) is 4.79 Å². The number of nitrogens with one attached hydrogen (secondary N) is 1. The minimum atomic E-state index is -0.563. The summed E-state index contributed by atoms with van der Waals surface area (Å²) in [7, 11) is 1.46. The Labute approximate surface area is 118 Å². The molecule has 0 radical (unpaired) electrons. The van der Waals surface area contributed by atoms with Gasteiger partial charge in [0.15, 0.2) is 0 Å². The highest BCUT2D eigenvalue weighted by atomic mass is 16.5. The van der Waals surface area contributed by atoms with Gasteiger partial charge >= 0.3 is 5.97 Å². The van der Waals surface area contributed by atoms with Crippen molar-refractivity contribution in [2.24, 2.45) is 5.92 Å². The van der Waals surface area contributed by atoms with E-state index < -0.39 is 5.54 Å². The smallest absolute Gasteiger partial charge is 0.325 e. The Kier molecular flexibility index (Phi) is 9.02. The van der Waals surface area contributed by atoms with E-state index in [-0.39, 0.29) is 5.97 Å². The molecule has 0 rings (SSSR count). The topological polar surface area (TPSA) is 41.6 Å². The minimum absolute atomic E-state index is 0.160.